The van der Waals surface area contributed by atoms with Gasteiger partial charge in [0, 0.05) is 6.20 Å². The molecule has 0 aromatic carbocycles. The molecule has 0 aliphatic heterocycles. The number of hydrogen-bond acceptors (Lipinski definition) is 5. The van der Waals surface area contributed by atoms with Gasteiger partial charge in [-0.1, -0.05) is 0 Å². The van der Waals surface area contributed by atoms with Gasteiger partial charge in [-0.3, -0.25) is 0 Å². The maximum atomic E-state index is 11.1. The van der Waals surface area contributed by atoms with Crippen LogP contribution in [-0.2, 0) is 15.0 Å². The van der Waals surface area contributed by atoms with Gasteiger partial charge in [0.25, 0.3) is 0 Å². The maximum Gasteiger partial charge on any atom is 0.358 e. The molecule has 0 aliphatic rings. The van der Waals surface area contributed by atoms with Crippen molar-refractivity contribution < 1.29 is 17.9 Å². The topological polar surface area (TPSA) is 78.3 Å². The minimum atomic E-state index is -2.35. The molecule has 76 valence electrons. The van der Waals surface area contributed by atoms with Gasteiger partial charge in [-0.15, -0.1) is 0 Å². The third-order valence-corrected chi connectivity index (χ3v) is 1.68. The van der Waals surface area contributed by atoms with Crippen LogP contribution in [0.25, 0.3) is 0 Å². The average Bonchev–Trinajstić information content (AvgIpc) is 2.52. The zero-order chi connectivity index (χ0) is 10.6. The molecule has 0 fully saturated rings. The zero-order valence-electron chi connectivity index (χ0n) is 7.37. The van der Waals surface area contributed by atoms with Gasteiger partial charge in [0.15, 0.2) is 5.69 Å². The molecule has 0 amide bonds. The van der Waals surface area contributed by atoms with E-state index >= 15 is 0 Å². The van der Waals surface area contributed by atoms with E-state index in [4.69, 9.17) is 0 Å². The Morgan fingerprint density at radius 2 is 2.43 bits per heavy atom. The van der Waals surface area contributed by atoms with E-state index in [-0.39, 0.29) is 12.3 Å². The summed E-state index contributed by atoms with van der Waals surface area (Å²) >= 11 is 0. The van der Waals surface area contributed by atoms with Crippen molar-refractivity contribution in [2.24, 2.45) is 0 Å². The lowest BCUT2D eigenvalue weighted by atomic mass is 10.4. The molecule has 0 N–H and O–H groups in total. The summed E-state index contributed by atoms with van der Waals surface area (Å²) in [5, 5.41) is 3.66. The molecule has 1 aromatic heterocycles. The highest BCUT2D eigenvalue weighted by molar-refractivity contribution is 7.71. The van der Waals surface area contributed by atoms with Gasteiger partial charge in [0.1, 0.15) is 5.49 Å². The predicted octanol–water partition coefficient (Wildman–Crippen LogP) is -0.453. The summed E-state index contributed by atoms with van der Waals surface area (Å²) in [6.07, 6.45) is 1.35. The van der Waals surface area contributed by atoms with Crippen LogP contribution in [-0.4, -0.2) is 36.3 Å². The minimum Gasteiger partial charge on any atom is -0.461 e. The number of esters is 1. The summed E-state index contributed by atoms with van der Waals surface area (Å²) in [5.74, 6) is -0.573. The quantitative estimate of drug-likeness (QED) is 0.505. The van der Waals surface area contributed by atoms with E-state index in [0.29, 0.717) is 0 Å². The Kier molecular flexibility index (Phi) is 3.41. The van der Waals surface area contributed by atoms with E-state index in [2.05, 4.69) is 9.84 Å². The molecule has 1 rings (SSSR count). The van der Waals surface area contributed by atoms with Crippen LogP contribution in [0.1, 0.15) is 17.4 Å². The lowest BCUT2D eigenvalue weighted by Crippen LogP contribution is -2.07. The molecule has 14 heavy (non-hydrogen) atoms. The average molecular weight is 216 g/mol. The molecular formula is C7H8N2O4S. The second kappa shape index (κ2) is 4.56. The number of hydrogen-bond donors (Lipinski definition) is 0. The first-order valence-corrected chi connectivity index (χ1v) is 4.92. The zero-order valence-corrected chi connectivity index (χ0v) is 8.19. The Morgan fingerprint density at radius 1 is 1.71 bits per heavy atom. The van der Waals surface area contributed by atoms with Gasteiger partial charge < -0.3 is 4.74 Å². The summed E-state index contributed by atoms with van der Waals surface area (Å²) in [6.45, 7) is 1.93. The number of ether oxygens (including phenoxy) is 1. The van der Waals surface area contributed by atoms with Crippen molar-refractivity contribution in [3.63, 3.8) is 0 Å². The summed E-state index contributed by atoms with van der Waals surface area (Å²) in [7, 11) is -2.35. The van der Waals surface area contributed by atoms with Crippen LogP contribution in [0.4, 0.5) is 0 Å². The van der Waals surface area contributed by atoms with E-state index in [0.717, 1.165) is 10.2 Å². The van der Waals surface area contributed by atoms with Crippen LogP contribution in [0.5, 0.6) is 0 Å². The molecule has 0 saturated carbocycles. The van der Waals surface area contributed by atoms with Crippen LogP contribution < -0.4 is 0 Å². The Morgan fingerprint density at radius 3 is 3.00 bits per heavy atom. The summed E-state index contributed by atoms with van der Waals surface area (Å²) in [4.78, 5) is 11.1. The Balaban J connectivity index is 2.88. The lowest BCUT2D eigenvalue weighted by Gasteiger charge is -1.95. The third-order valence-electron chi connectivity index (χ3n) is 1.29. The first-order chi connectivity index (χ1) is 6.63. The molecule has 0 bridgehead atoms. The van der Waals surface area contributed by atoms with E-state index in [1.165, 1.54) is 12.3 Å². The van der Waals surface area contributed by atoms with E-state index in [1.807, 2.05) is 0 Å². The summed E-state index contributed by atoms with van der Waals surface area (Å²) in [6, 6.07) is 1.38. The van der Waals surface area contributed by atoms with Crippen LogP contribution in [0.2, 0.25) is 0 Å². The van der Waals surface area contributed by atoms with Crippen molar-refractivity contribution in [2.75, 3.05) is 6.61 Å². The highest BCUT2D eigenvalue weighted by Gasteiger charge is 2.08. The van der Waals surface area contributed by atoms with Crippen LogP contribution in [0.3, 0.4) is 0 Å². The second-order valence-electron chi connectivity index (χ2n) is 2.27. The van der Waals surface area contributed by atoms with Gasteiger partial charge in [-0.2, -0.15) is 13.5 Å². The lowest BCUT2D eigenvalue weighted by molar-refractivity contribution is 0.0519. The third kappa shape index (κ3) is 2.70. The minimum absolute atomic E-state index is 0.0774. The fourth-order valence-electron chi connectivity index (χ4n) is 0.799. The first-order valence-electron chi connectivity index (χ1n) is 3.79. The van der Waals surface area contributed by atoms with Gasteiger partial charge in [0.2, 0.25) is 10.3 Å². The van der Waals surface area contributed by atoms with Gasteiger partial charge in [-0.25, -0.2) is 9.48 Å². The van der Waals surface area contributed by atoms with Crippen LogP contribution >= 0.6 is 0 Å². The van der Waals surface area contributed by atoms with E-state index < -0.39 is 16.3 Å². The van der Waals surface area contributed by atoms with Gasteiger partial charge in [0.05, 0.1) is 6.61 Å². The van der Waals surface area contributed by atoms with Crippen molar-refractivity contribution in [3.05, 3.63) is 18.0 Å². The molecule has 6 nitrogen and oxygen atoms in total. The Labute approximate surface area is 81.6 Å². The largest absolute Gasteiger partial charge is 0.461 e. The molecule has 0 radical (unpaired) electrons. The van der Waals surface area contributed by atoms with Crippen LogP contribution in [0.15, 0.2) is 12.3 Å². The van der Waals surface area contributed by atoms with Crippen molar-refractivity contribution in [3.8, 4) is 0 Å². The molecule has 0 saturated heterocycles. The molecule has 0 atom stereocenters. The second-order valence-corrected chi connectivity index (χ2v) is 3.00. The Bertz CT molecular complexity index is 452. The number of nitrogens with zero attached hydrogens (tertiary/aromatic N) is 2. The molecule has 0 spiro atoms. The fourth-order valence-corrected chi connectivity index (χ4v) is 1.09. The summed E-state index contributed by atoms with van der Waals surface area (Å²) in [5.41, 5.74) is 0.913. The van der Waals surface area contributed by atoms with Crippen LogP contribution in [0, 0.1) is 0 Å². The molecule has 0 aliphatic carbocycles. The smallest absolute Gasteiger partial charge is 0.358 e. The molecular weight excluding hydrogens is 208 g/mol. The normalized spacial score (nSPS) is 9.50. The van der Waals surface area contributed by atoms with Crippen molar-refractivity contribution in [1.82, 2.24) is 9.78 Å². The molecule has 1 heterocycles. The number of carbonyl (C=O) groups is 1. The standard InChI is InChI=1S/C7H8N2O4S/c1-2-13-7(10)6-3-4-9(8-6)5-14(11)12/h3-5H,2H2,1H3. The molecule has 7 heteroatoms. The predicted molar refractivity (Wildman–Crippen MR) is 48.6 cm³/mol. The van der Waals surface area contributed by atoms with Crippen molar-refractivity contribution >= 4 is 21.8 Å². The van der Waals surface area contributed by atoms with Gasteiger partial charge in [-0.05, 0) is 13.0 Å². The first kappa shape index (κ1) is 10.5. The highest BCUT2D eigenvalue weighted by Crippen LogP contribution is 1.96. The molecule has 1 aromatic rings. The van der Waals surface area contributed by atoms with Crippen molar-refractivity contribution in [1.29, 1.82) is 0 Å². The maximum absolute atomic E-state index is 11.1. The van der Waals surface area contributed by atoms with E-state index in [1.54, 1.807) is 6.92 Å². The van der Waals surface area contributed by atoms with Gasteiger partial charge >= 0.3 is 5.97 Å². The monoisotopic (exact) mass is 216 g/mol. The van der Waals surface area contributed by atoms with E-state index in [9.17, 15) is 13.2 Å². The fraction of sp³-hybridized carbons (Fsp3) is 0.286. The number of carbonyl (C=O) groups excluding carboxylic acids is 1. The molecule has 0 unspecified atom stereocenters. The number of rotatable bonds is 3. The number of aromatic nitrogens is 2. The Hall–Kier alpha value is -1.63. The SMILES string of the molecule is CCOC(=O)c1ccn(C=S(=O)=O)n1. The summed E-state index contributed by atoms with van der Waals surface area (Å²) < 4.78 is 26.2. The highest BCUT2D eigenvalue weighted by atomic mass is 32.2. The van der Waals surface area contributed by atoms with Crippen molar-refractivity contribution in [2.45, 2.75) is 6.92 Å².